The van der Waals surface area contributed by atoms with Crippen LogP contribution in [-0.2, 0) is 0 Å². The van der Waals surface area contributed by atoms with Crippen LogP contribution in [0, 0.1) is 0 Å². The number of rotatable bonds is 1. The Kier molecular flexibility index (Phi) is 7.04. The zero-order valence-electron chi connectivity index (χ0n) is 7.61. The molecule has 1 aliphatic rings. The van der Waals surface area contributed by atoms with E-state index < -0.39 is 0 Å². The molecule has 0 aromatic carbocycles. The Morgan fingerprint density at radius 1 is 1.30 bits per heavy atom. The summed E-state index contributed by atoms with van der Waals surface area (Å²) in [5.41, 5.74) is 0. The molecule has 0 aromatic rings. The minimum absolute atomic E-state index is 0.837. The number of hydrogen-bond acceptors (Lipinski definition) is 1. The molecular formula is C9H21N. The quantitative estimate of drug-likeness (QED) is 0.595. The summed E-state index contributed by atoms with van der Waals surface area (Å²) < 4.78 is 0. The van der Waals surface area contributed by atoms with E-state index in [1.807, 2.05) is 13.8 Å². The van der Waals surface area contributed by atoms with Gasteiger partial charge in [0.25, 0.3) is 0 Å². The van der Waals surface area contributed by atoms with E-state index in [2.05, 4.69) is 12.2 Å². The lowest BCUT2D eigenvalue weighted by Gasteiger charge is -2.21. The lowest BCUT2D eigenvalue weighted by atomic mass is 10.0. The fourth-order valence-corrected chi connectivity index (χ4v) is 1.27. The van der Waals surface area contributed by atoms with Gasteiger partial charge in [0.15, 0.2) is 0 Å². The second-order valence-electron chi connectivity index (χ2n) is 2.56. The van der Waals surface area contributed by atoms with Gasteiger partial charge in [-0.25, -0.2) is 0 Å². The highest BCUT2D eigenvalue weighted by molar-refractivity contribution is 4.69. The van der Waals surface area contributed by atoms with Crippen molar-refractivity contribution >= 4 is 0 Å². The highest BCUT2D eigenvalue weighted by Crippen LogP contribution is 2.08. The van der Waals surface area contributed by atoms with E-state index in [1.165, 1.54) is 32.2 Å². The average Bonchev–Trinajstić information content (AvgIpc) is 2.10. The fraction of sp³-hybridized carbons (Fsp3) is 1.00. The van der Waals surface area contributed by atoms with Gasteiger partial charge in [-0.2, -0.15) is 0 Å². The van der Waals surface area contributed by atoms with Crippen molar-refractivity contribution in [1.29, 1.82) is 0 Å². The molecule has 1 nitrogen and oxygen atoms in total. The van der Waals surface area contributed by atoms with Gasteiger partial charge in [-0.15, -0.1) is 0 Å². The van der Waals surface area contributed by atoms with Crippen molar-refractivity contribution < 1.29 is 0 Å². The van der Waals surface area contributed by atoms with Crippen LogP contribution in [0.5, 0.6) is 0 Å². The van der Waals surface area contributed by atoms with Crippen LogP contribution in [0.15, 0.2) is 0 Å². The molecular weight excluding hydrogens is 122 g/mol. The maximum absolute atomic E-state index is 3.47. The second-order valence-corrected chi connectivity index (χ2v) is 2.56. The molecule has 0 bridgehead atoms. The zero-order valence-corrected chi connectivity index (χ0v) is 7.61. The third-order valence-corrected chi connectivity index (χ3v) is 1.91. The molecule has 1 heterocycles. The zero-order chi connectivity index (χ0) is 7.82. The molecule has 0 spiro atoms. The summed E-state index contributed by atoms with van der Waals surface area (Å²) in [6.45, 7) is 7.50. The monoisotopic (exact) mass is 143 g/mol. The van der Waals surface area contributed by atoms with E-state index >= 15 is 0 Å². The topological polar surface area (TPSA) is 12.0 Å². The molecule has 0 radical (unpaired) electrons. The maximum Gasteiger partial charge on any atom is 0.00644 e. The fourth-order valence-electron chi connectivity index (χ4n) is 1.27. The Labute approximate surface area is 65.2 Å². The van der Waals surface area contributed by atoms with E-state index in [0.29, 0.717) is 0 Å². The summed E-state index contributed by atoms with van der Waals surface area (Å²) in [6.07, 6.45) is 5.53. The SMILES string of the molecule is CC.CCC1CCCCN1. The predicted octanol–water partition coefficient (Wildman–Crippen LogP) is 2.56. The summed E-state index contributed by atoms with van der Waals surface area (Å²) in [5, 5.41) is 3.47. The Balaban J connectivity index is 0.000000371. The molecule has 1 heteroatoms. The van der Waals surface area contributed by atoms with Crippen molar-refractivity contribution in [3.8, 4) is 0 Å². The number of nitrogens with one attached hydrogen (secondary N) is 1. The minimum Gasteiger partial charge on any atom is -0.314 e. The van der Waals surface area contributed by atoms with Crippen LogP contribution in [0.1, 0.15) is 46.5 Å². The Morgan fingerprint density at radius 2 is 2.00 bits per heavy atom. The number of piperidine rings is 1. The van der Waals surface area contributed by atoms with Crippen molar-refractivity contribution in [1.82, 2.24) is 5.32 Å². The molecule has 0 aliphatic carbocycles. The first-order valence-electron chi connectivity index (χ1n) is 4.67. The van der Waals surface area contributed by atoms with Crippen LogP contribution >= 0.6 is 0 Å². The molecule has 1 saturated heterocycles. The third-order valence-electron chi connectivity index (χ3n) is 1.91. The molecule has 1 atom stereocenters. The second kappa shape index (κ2) is 7.07. The van der Waals surface area contributed by atoms with Crippen LogP contribution < -0.4 is 5.32 Å². The summed E-state index contributed by atoms with van der Waals surface area (Å²) in [5.74, 6) is 0. The van der Waals surface area contributed by atoms with E-state index in [9.17, 15) is 0 Å². The standard InChI is InChI=1S/C7H15N.C2H6/c1-2-7-5-3-4-6-8-7;1-2/h7-8H,2-6H2,1H3;1-2H3. The van der Waals surface area contributed by atoms with E-state index in [-0.39, 0.29) is 0 Å². The first-order valence-corrected chi connectivity index (χ1v) is 4.67. The highest BCUT2D eigenvalue weighted by atomic mass is 14.9. The number of hydrogen-bond donors (Lipinski definition) is 1. The Hall–Kier alpha value is -0.0400. The summed E-state index contributed by atoms with van der Waals surface area (Å²) in [7, 11) is 0. The van der Waals surface area contributed by atoms with Crippen molar-refractivity contribution in [3.05, 3.63) is 0 Å². The molecule has 1 rings (SSSR count). The normalized spacial score (nSPS) is 24.9. The van der Waals surface area contributed by atoms with Crippen LogP contribution in [-0.4, -0.2) is 12.6 Å². The van der Waals surface area contributed by atoms with Gasteiger partial charge in [0.1, 0.15) is 0 Å². The molecule has 1 fully saturated rings. The van der Waals surface area contributed by atoms with Crippen LogP contribution in [0.2, 0.25) is 0 Å². The molecule has 0 saturated carbocycles. The van der Waals surface area contributed by atoms with Gasteiger partial charge >= 0.3 is 0 Å². The summed E-state index contributed by atoms with van der Waals surface area (Å²) >= 11 is 0. The van der Waals surface area contributed by atoms with E-state index in [0.717, 1.165) is 6.04 Å². The largest absolute Gasteiger partial charge is 0.314 e. The van der Waals surface area contributed by atoms with Crippen LogP contribution in [0.4, 0.5) is 0 Å². The van der Waals surface area contributed by atoms with Crippen LogP contribution in [0.3, 0.4) is 0 Å². The molecule has 1 unspecified atom stereocenters. The molecule has 10 heavy (non-hydrogen) atoms. The maximum atomic E-state index is 3.47. The van der Waals surface area contributed by atoms with Gasteiger partial charge in [0.2, 0.25) is 0 Å². The van der Waals surface area contributed by atoms with Crippen LogP contribution in [0.25, 0.3) is 0 Å². The van der Waals surface area contributed by atoms with E-state index in [1.54, 1.807) is 0 Å². The van der Waals surface area contributed by atoms with Gasteiger partial charge in [0.05, 0.1) is 0 Å². The van der Waals surface area contributed by atoms with Gasteiger partial charge < -0.3 is 5.32 Å². The van der Waals surface area contributed by atoms with Gasteiger partial charge in [-0.05, 0) is 25.8 Å². The minimum atomic E-state index is 0.837. The van der Waals surface area contributed by atoms with Crippen molar-refractivity contribution in [2.75, 3.05) is 6.54 Å². The Morgan fingerprint density at radius 3 is 2.30 bits per heavy atom. The molecule has 1 aliphatic heterocycles. The summed E-state index contributed by atoms with van der Waals surface area (Å²) in [6, 6.07) is 0.837. The lowest BCUT2D eigenvalue weighted by molar-refractivity contribution is 0.393. The van der Waals surface area contributed by atoms with Gasteiger partial charge in [0, 0.05) is 6.04 Å². The third kappa shape index (κ3) is 3.89. The average molecular weight is 143 g/mol. The molecule has 1 N–H and O–H groups in total. The van der Waals surface area contributed by atoms with E-state index in [4.69, 9.17) is 0 Å². The highest BCUT2D eigenvalue weighted by Gasteiger charge is 2.08. The summed E-state index contributed by atoms with van der Waals surface area (Å²) in [4.78, 5) is 0. The van der Waals surface area contributed by atoms with Crippen molar-refractivity contribution in [2.45, 2.75) is 52.5 Å². The Bertz CT molecular complexity index is 55.7. The van der Waals surface area contributed by atoms with Gasteiger partial charge in [-0.3, -0.25) is 0 Å². The smallest absolute Gasteiger partial charge is 0.00644 e. The first kappa shape index (κ1) is 9.96. The first-order chi connectivity index (χ1) is 4.93. The molecule has 62 valence electrons. The van der Waals surface area contributed by atoms with Crippen molar-refractivity contribution in [3.63, 3.8) is 0 Å². The predicted molar refractivity (Wildman–Crippen MR) is 47.3 cm³/mol. The molecule has 0 amide bonds. The van der Waals surface area contributed by atoms with Gasteiger partial charge in [-0.1, -0.05) is 27.2 Å². The molecule has 0 aromatic heterocycles. The van der Waals surface area contributed by atoms with Crippen molar-refractivity contribution in [2.24, 2.45) is 0 Å². The lowest BCUT2D eigenvalue weighted by Crippen LogP contribution is -2.32.